The number of carbonyl (C=O) groups is 1. The van der Waals surface area contributed by atoms with Crippen molar-refractivity contribution in [3.8, 4) is 0 Å². The van der Waals surface area contributed by atoms with Crippen LogP contribution in [0.4, 0.5) is 11.8 Å². The number of benzene rings is 1. The molecule has 0 amide bonds. The van der Waals surface area contributed by atoms with Crippen LogP contribution in [0.2, 0.25) is 0 Å². The molecule has 1 atom stereocenters. The highest BCUT2D eigenvalue weighted by molar-refractivity contribution is 5.72. The molecule has 0 fully saturated rings. The molecular weight excluding hydrogens is 418 g/mol. The highest BCUT2D eigenvalue weighted by atomic mass is 16.5. The van der Waals surface area contributed by atoms with Gasteiger partial charge in [-0.3, -0.25) is 4.79 Å². The molecule has 8 heteroatoms. The number of anilines is 2. The molecule has 0 aliphatic rings. The molecule has 0 radical (unpaired) electrons. The average molecular weight is 458 g/mol. The summed E-state index contributed by atoms with van der Waals surface area (Å²) < 4.78 is 4.70. The number of nitrogens with two attached hydrogens (primary N) is 1. The molecule has 182 valence electrons. The van der Waals surface area contributed by atoms with E-state index in [0.29, 0.717) is 12.5 Å². The summed E-state index contributed by atoms with van der Waals surface area (Å²) in [6.07, 6.45) is 5.86. The van der Waals surface area contributed by atoms with Crippen LogP contribution in [0.15, 0.2) is 24.3 Å². The van der Waals surface area contributed by atoms with Crippen molar-refractivity contribution in [1.29, 1.82) is 0 Å². The summed E-state index contributed by atoms with van der Waals surface area (Å²) in [5, 5.41) is 16.1. The molecule has 0 aliphatic carbocycles. The molecule has 0 bridgehead atoms. The highest BCUT2D eigenvalue weighted by Gasteiger charge is 2.14. The molecule has 2 aromatic rings. The van der Waals surface area contributed by atoms with Gasteiger partial charge in [-0.1, -0.05) is 31.2 Å². The van der Waals surface area contributed by atoms with E-state index in [1.807, 2.05) is 31.2 Å². The highest BCUT2D eigenvalue weighted by Crippen LogP contribution is 2.22. The fourth-order valence-electron chi connectivity index (χ4n) is 3.75. The van der Waals surface area contributed by atoms with Crippen molar-refractivity contribution in [2.75, 3.05) is 31.3 Å². The maximum atomic E-state index is 11.4. The minimum absolute atomic E-state index is 0.228. The molecule has 0 spiro atoms. The van der Waals surface area contributed by atoms with Crippen molar-refractivity contribution in [3.05, 3.63) is 46.6 Å². The van der Waals surface area contributed by atoms with Crippen molar-refractivity contribution in [1.82, 2.24) is 15.3 Å². The number of methoxy groups -OCH3 is 1. The number of unbranched alkanes of at least 4 members (excludes halogenated alkanes) is 1. The molecule has 5 N–H and O–H groups in total. The number of rotatable bonds is 15. The monoisotopic (exact) mass is 457 g/mol. The number of nitrogens with zero attached hydrogens (tertiary/aromatic N) is 2. The van der Waals surface area contributed by atoms with Gasteiger partial charge >= 0.3 is 5.97 Å². The van der Waals surface area contributed by atoms with Gasteiger partial charge in [-0.05, 0) is 63.1 Å². The molecule has 1 aromatic heterocycles. The van der Waals surface area contributed by atoms with Crippen molar-refractivity contribution < 1.29 is 14.6 Å². The number of aryl methyl sites for hydroxylation is 1. The summed E-state index contributed by atoms with van der Waals surface area (Å²) >= 11 is 0. The lowest BCUT2D eigenvalue weighted by Crippen LogP contribution is -2.22. The van der Waals surface area contributed by atoms with E-state index in [-0.39, 0.29) is 18.5 Å². The van der Waals surface area contributed by atoms with Crippen molar-refractivity contribution >= 4 is 17.7 Å². The van der Waals surface area contributed by atoms with E-state index < -0.39 is 0 Å². The van der Waals surface area contributed by atoms with Crippen LogP contribution in [0.1, 0.15) is 61.4 Å². The number of aromatic nitrogens is 2. The minimum Gasteiger partial charge on any atom is -0.469 e. The molecule has 0 unspecified atom stereocenters. The quantitative estimate of drug-likeness (QED) is 0.238. The van der Waals surface area contributed by atoms with Crippen LogP contribution in [-0.2, 0) is 28.9 Å². The predicted molar refractivity (Wildman–Crippen MR) is 132 cm³/mol. The lowest BCUT2D eigenvalue weighted by molar-refractivity contribution is -0.139. The standard InChI is InChI=1S/C25H39N5O3/c1-4-21(8-5-6-15-31)29-24-22(18(2)28-25(26)30-24)9-7-14-27-17-20-12-10-19(11-13-20)16-23(32)33-3/h10-13,21,27,31H,4-9,14-17H2,1-3H3,(H3,26,28,29,30)/t21-/m0/s1. The van der Waals surface area contributed by atoms with Gasteiger partial charge < -0.3 is 26.2 Å². The first kappa shape index (κ1) is 26.5. The van der Waals surface area contributed by atoms with Gasteiger partial charge in [0.25, 0.3) is 0 Å². The smallest absolute Gasteiger partial charge is 0.309 e. The fourth-order valence-corrected chi connectivity index (χ4v) is 3.75. The molecule has 1 heterocycles. The van der Waals surface area contributed by atoms with Crippen LogP contribution in [0.5, 0.6) is 0 Å². The van der Waals surface area contributed by atoms with Gasteiger partial charge in [0.05, 0.1) is 13.5 Å². The molecule has 0 aliphatic heterocycles. The first-order valence-corrected chi connectivity index (χ1v) is 11.8. The normalized spacial score (nSPS) is 11.9. The zero-order valence-corrected chi connectivity index (χ0v) is 20.2. The molecule has 0 saturated heterocycles. The predicted octanol–water partition coefficient (Wildman–Crippen LogP) is 3.16. The molecular formula is C25H39N5O3. The van der Waals surface area contributed by atoms with E-state index in [1.54, 1.807) is 0 Å². The molecule has 8 nitrogen and oxygen atoms in total. The number of hydrogen-bond acceptors (Lipinski definition) is 8. The van der Waals surface area contributed by atoms with Gasteiger partial charge in [0.2, 0.25) is 5.95 Å². The molecule has 1 aromatic carbocycles. The van der Waals surface area contributed by atoms with E-state index >= 15 is 0 Å². The fraction of sp³-hybridized carbons (Fsp3) is 0.560. The maximum Gasteiger partial charge on any atom is 0.309 e. The minimum atomic E-state index is -0.230. The van der Waals surface area contributed by atoms with Gasteiger partial charge in [0.15, 0.2) is 0 Å². The van der Waals surface area contributed by atoms with E-state index in [9.17, 15) is 4.79 Å². The van der Waals surface area contributed by atoms with Crippen LogP contribution in [0.3, 0.4) is 0 Å². The third kappa shape index (κ3) is 9.35. The largest absolute Gasteiger partial charge is 0.469 e. The third-order valence-electron chi connectivity index (χ3n) is 5.73. The van der Waals surface area contributed by atoms with Crippen molar-refractivity contribution in [3.63, 3.8) is 0 Å². The Hall–Kier alpha value is -2.71. The Morgan fingerprint density at radius 3 is 2.55 bits per heavy atom. The van der Waals surface area contributed by atoms with Crippen LogP contribution in [0, 0.1) is 6.92 Å². The number of nitrogens with one attached hydrogen (secondary N) is 2. The average Bonchev–Trinajstić information content (AvgIpc) is 2.80. The molecule has 33 heavy (non-hydrogen) atoms. The van der Waals surface area contributed by atoms with E-state index in [0.717, 1.165) is 74.3 Å². The van der Waals surface area contributed by atoms with E-state index in [4.69, 9.17) is 15.6 Å². The summed E-state index contributed by atoms with van der Waals surface area (Å²) in [5.41, 5.74) is 10.1. The second-order valence-electron chi connectivity index (χ2n) is 8.31. The van der Waals surface area contributed by atoms with Gasteiger partial charge in [0.1, 0.15) is 5.82 Å². The Bertz CT molecular complexity index is 858. The van der Waals surface area contributed by atoms with Gasteiger partial charge in [-0.25, -0.2) is 4.98 Å². The van der Waals surface area contributed by atoms with Gasteiger partial charge in [-0.2, -0.15) is 4.98 Å². The summed E-state index contributed by atoms with van der Waals surface area (Å²) in [6.45, 7) is 5.99. The van der Waals surface area contributed by atoms with Crippen LogP contribution in [0.25, 0.3) is 0 Å². The SMILES string of the molecule is CC[C@@H](CCCCO)Nc1nc(N)nc(C)c1CCCNCc1ccc(CC(=O)OC)cc1. The van der Waals surface area contributed by atoms with Crippen molar-refractivity contribution in [2.45, 2.75) is 71.4 Å². The summed E-state index contributed by atoms with van der Waals surface area (Å²) in [4.78, 5) is 20.2. The molecule has 0 saturated carbocycles. The Morgan fingerprint density at radius 1 is 1.15 bits per heavy atom. The summed E-state index contributed by atoms with van der Waals surface area (Å²) in [5.74, 6) is 0.891. The van der Waals surface area contributed by atoms with E-state index in [2.05, 4.69) is 27.5 Å². The van der Waals surface area contributed by atoms with Gasteiger partial charge in [0, 0.05) is 30.5 Å². The Kier molecular flexibility index (Phi) is 11.6. The van der Waals surface area contributed by atoms with Crippen LogP contribution >= 0.6 is 0 Å². The van der Waals surface area contributed by atoms with Crippen LogP contribution in [-0.4, -0.2) is 47.3 Å². The number of ether oxygens (including phenoxy) is 1. The Morgan fingerprint density at radius 2 is 1.88 bits per heavy atom. The number of aliphatic hydroxyl groups excluding tert-OH is 1. The zero-order chi connectivity index (χ0) is 24.1. The number of esters is 1. The number of nitrogen functional groups attached to an aromatic ring is 1. The number of aliphatic hydroxyl groups is 1. The maximum absolute atomic E-state index is 11.4. The van der Waals surface area contributed by atoms with E-state index in [1.165, 1.54) is 12.7 Å². The topological polar surface area (TPSA) is 122 Å². The Balaban J connectivity index is 1.86. The third-order valence-corrected chi connectivity index (χ3v) is 5.73. The lowest BCUT2D eigenvalue weighted by atomic mass is 10.0. The first-order valence-electron chi connectivity index (χ1n) is 11.8. The second kappa shape index (κ2) is 14.4. The van der Waals surface area contributed by atoms with Crippen molar-refractivity contribution in [2.24, 2.45) is 0 Å². The Labute approximate surface area is 197 Å². The number of carbonyl (C=O) groups excluding carboxylic acids is 1. The lowest BCUT2D eigenvalue weighted by Gasteiger charge is -2.21. The summed E-state index contributed by atoms with van der Waals surface area (Å²) in [7, 11) is 1.40. The number of hydrogen-bond donors (Lipinski definition) is 4. The molecule has 2 rings (SSSR count). The zero-order valence-electron chi connectivity index (χ0n) is 20.2. The first-order chi connectivity index (χ1) is 16.0. The summed E-state index contributed by atoms with van der Waals surface area (Å²) in [6, 6.07) is 8.29. The second-order valence-corrected chi connectivity index (χ2v) is 8.31. The van der Waals surface area contributed by atoms with Crippen LogP contribution < -0.4 is 16.4 Å². The van der Waals surface area contributed by atoms with Gasteiger partial charge in [-0.15, -0.1) is 0 Å².